The van der Waals surface area contributed by atoms with E-state index in [-0.39, 0.29) is 27.3 Å². The number of nitrogens with one attached hydrogen (secondary N) is 2. The molecule has 6 nitrogen and oxygen atoms in total. The highest BCUT2D eigenvalue weighted by Gasteiger charge is 2.25. The molecule has 0 unspecified atom stereocenters. The number of rotatable bonds is 4. The molecule has 114 valence electrons. The van der Waals surface area contributed by atoms with Crippen LogP contribution in [0.15, 0.2) is 17.2 Å². The van der Waals surface area contributed by atoms with Crippen LogP contribution in [0.1, 0.15) is 11.3 Å². The van der Waals surface area contributed by atoms with Gasteiger partial charge in [0.25, 0.3) is 10.0 Å². The van der Waals surface area contributed by atoms with Gasteiger partial charge in [0.1, 0.15) is 0 Å². The highest BCUT2D eigenvalue weighted by Crippen LogP contribution is 2.35. The largest absolute Gasteiger partial charge is 0.326 e. The van der Waals surface area contributed by atoms with Crippen LogP contribution in [-0.2, 0) is 16.6 Å². The lowest BCUT2D eigenvalue weighted by Gasteiger charge is -2.11. The van der Waals surface area contributed by atoms with Gasteiger partial charge in [0.05, 0.1) is 15.7 Å². The predicted molar refractivity (Wildman–Crippen MR) is 83.5 cm³/mol. The molecule has 0 atom stereocenters. The van der Waals surface area contributed by atoms with E-state index in [0.29, 0.717) is 16.3 Å². The third kappa shape index (κ3) is 3.27. The number of aryl methyl sites for hydroxylation is 1. The van der Waals surface area contributed by atoms with Crippen LogP contribution in [0.4, 0.5) is 5.69 Å². The predicted octanol–water partition coefficient (Wildman–Crippen LogP) is 2.94. The number of hydrogen-bond acceptors (Lipinski definition) is 4. The van der Waals surface area contributed by atoms with Crippen molar-refractivity contribution in [1.82, 2.24) is 10.2 Å². The highest BCUT2D eigenvalue weighted by atomic mass is 35.5. The number of H-pyrrole nitrogens is 1. The van der Waals surface area contributed by atoms with E-state index < -0.39 is 10.0 Å². The van der Waals surface area contributed by atoms with E-state index >= 15 is 0 Å². The van der Waals surface area contributed by atoms with Gasteiger partial charge in [-0.05, 0) is 19.1 Å². The van der Waals surface area contributed by atoms with Crippen molar-refractivity contribution in [1.29, 1.82) is 0 Å². The first-order chi connectivity index (χ1) is 9.76. The van der Waals surface area contributed by atoms with E-state index in [1.54, 1.807) is 6.92 Å². The van der Waals surface area contributed by atoms with Crippen molar-refractivity contribution in [3.05, 3.63) is 38.5 Å². The van der Waals surface area contributed by atoms with Gasteiger partial charge < -0.3 is 5.73 Å². The van der Waals surface area contributed by atoms with Crippen molar-refractivity contribution < 1.29 is 8.42 Å². The Labute approximate surface area is 136 Å². The van der Waals surface area contributed by atoms with Crippen molar-refractivity contribution in [3.63, 3.8) is 0 Å². The normalized spacial score (nSPS) is 11.7. The summed E-state index contributed by atoms with van der Waals surface area (Å²) in [6, 6.07) is 2.76. The Morgan fingerprint density at radius 1 is 1.29 bits per heavy atom. The van der Waals surface area contributed by atoms with Crippen LogP contribution >= 0.6 is 34.8 Å². The van der Waals surface area contributed by atoms with Crippen LogP contribution in [0.2, 0.25) is 15.1 Å². The first-order valence-corrected chi connectivity index (χ1v) is 8.29. The Balaban J connectivity index is 2.47. The number of benzene rings is 1. The molecule has 1 aromatic carbocycles. The summed E-state index contributed by atoms with van der Waals surface area (Å²) in [5.74, 6) is 0. The Morgan fingerprint density at radius 2 is 1.86 bits per heavy atom. The van der Waals surface area contributed by atoms with Gasteiger partial charge in [-0.1, -0.05) is 34.8 Å². The third-order valence-corrected chi connectivity index (χ3v) is 4.87. The number of sulfonamides is 1. The first-order valence-electron chi connectivity index (χ1n) is 5.67. The fourth-order valence-electron chi connectivity index (χ4n) is 1.72. The summed E-state index contributed by atoms with van der Waals surface area (Å²) in [6.45, 7) is 1.71. The van der Waals surface area contributed by atoms with Gasteiger partial charge in [-0.25, -0.2) is 0 Å². The Bertz CT molecular complexity index is 766. The molecule has 10 heteroatoms. The molecule has 0 radical (unpaired) electrons. The molecule has 0 aliphatic carbocycles. The van der Waals surface area contributed by atoms with E-state index in [4.69, 9.17) is 40.5 Å². The topological polar surface area (TPSA) is 101 Å². The van der Waals surface area contributed by atoms with Crippen LogP contribution in [0.25, 0.3) is 0 Å². The second-order valence-corrected chi connectivity index (χ2v) is 7.03. The molecule has 0 amide bonds. The fraction of sp³-hybridized carbons (Fsp3) is 0.182. The van der Waals surface area contributed by atoms with Gasteiger partial charge in [-0.2, -0.15) is 13.5 Å². The standard InChI is InChI=1S/C11H11Cl3N4O2S/c1-5-7(4-15)11(17-16-5)21(19,20)18-10-8(13)2-6(12)3-9(10)14/h2-3,18H,4,15H2,1H3,(H,16,17). The van der Waals surface area contributed by atoms with Gasteiger partial charge in [-0.15, -0.1) is 0 Å². The Kier molecular flexibility index (Phi) is 4.69. The lowest BCUT2D eigenvalue weighted by molar-refractivity contribution is 0.596. The van der Waals surface area contributed by atoms with Crippen molar-refractivity contribution >= 4 is 50.5 Å². The molecule has 4 N–H and O–H groups in total. The number of aromatic amines is 1. The van der Waals surface area contributed by atoms with E-state index in [9.17, 15) is 8.42 Å². The number of hydrogen-bond donors (Lipinski definition) is 3. The van der Waals surface area contributed by atoms with Crippen LogP contribution in [0.5, 0.6) is 0 Å². The summed E-state index contributed by atoms with van der Waals surface area (Å²) in [5, 5.41) is 6.62. The lowest BCUT2D eigenvalue weighted by atomic mass is 10.3. The average Bonchev–Trinajstić information content (AvgIpc) is 2.75. The van der Waals surface area contributed by atoms with Crippen LogP contribution in [0, 0.1) is 6.92 Å². The van der Waals surface area contributed by atoms with Crippen LogP contribution in [0.3, 0.4) is 0 Å². The van der Waals surface area contributed by atoms with Gasteiger partial charge in [0.2, 0.25) is 5.03 Å². The second-order valence-electron chi connectivity index (χ2n) is 4.19. The molecule has 1 aromatic heterocycles. The second kappa shape index (κ2) is 6.02. The molecular formula is C11H11Cl3N4O2S. The van der Waals surface area contributed by atoms with Crippen molar-refractivity contribution in [2.75, 3.05) is 4.72 Å². The van der Waals surface area contributed by atoms with E-state index in [1.807, 2.05) is 0 Å². The molecule has 0 aliphatic heterocycles. The summed E-state index contributed by atoms with van der Waals surface area (Å²) in [6.07, 6.45) is 0. The molecular weight excluding hydrogens is 359 g/mol. The van der Waals surface area contributed by atoms with Gasteiger partial charge >= 0.3 is 0 Å². The van der Waals surface area contributed by atoms with Crippen molar-refractivity contribution in [2.45, 2.75) is 18.5 Å². The third-order valence-electron chi connectivity index (χ3n) is 2.74. The van der Waals surface area contributed by atoms with Crippen molar-refractivity contribution in [2.24, 2.45) is 5.73 Å². The molecule has 0 aliphatic rings. The smallest absolute Gasteiger partial charge is 0.281 e. The molecule has 0 saturated carbocycles. The van der Waals surface area contributed by atoms with Crippen molar-refractivity contribution in [3.8, 4) is 0 Å². The number of nitrogens with two attached hydrogens (primary N) is 1. The zero-order valence-corrected chi connectivity index (χ0v) is 13.8. The summed E-state index contributed by atoms with van der Waals surface area (Å²) in [4.78, 5) is 0. The van der Waals surface area contributed by atoms with E-state index in [2.05, 4.69) is 14.9 Å². The molecule has 0 spiro atoms. The van der Waals surface area contributed by atoms with Gasteiger partial charge in [0, 0.05) is 22.8 Å². The summed E-state index contributed by atoms with van der Waals surface area (Å²) in [7, 11) is -3.98. The molecule has 1 heterocycles. The minimum Gasteiger partial charge on any atom is -0.326 e. The minimum absolute atomic E-state index is 0.0284. The number of nitrogens with zero attached hydrogens (tertiary/aromatic N) is 1. The van der Waals surface area contributed by atoms with E-state index in [1.165, 1.54) is 12.1 Å². The molecule has 0 fully saturated rings. The molecule has 2 rings (SSSR count). The molecule has 0 saturated heterocycles. The summed E-state index contributed by atoms with van der Waals surface area (Å²) in [5.41, 5.74) is 6.54. The Morgan fingerprint density at radius 3 is 2.38 bits per heavy atom. The van der Waals surface area contributed by atoms with Gasteiger partial charge in [0.15, 0.2) is 0 Å². The zero-order valence-electron chi connectivity index (χ0n) is 10.7. The molecule has 2 aromatic rings. The fourth-order valence-corrected chi connectivity index (χ4v) is 4.05. The monoisotopic (exact) mass is 368 g/mol. The molecule has 0 bridgehead atoms. The summed E-state index contributed by atoms with van der Waals surface area (Å²) < 4.78 is 27.1. The number of aromatic nitrogens is 2. The van der Waals surface area contributed by atoms with Crippen LogP contribution < -0.4 is 10.5 Å². The SMILES string of the molecule is Cc1[nH]nc(S(=O)(=O)Nc2c(Cl)cc(Cl)cc2Cl)c1CN. The average molecular weight is 370 g/mol. The minimum atomic E-state index is -3.98. The highest BCUT2D eigenvalue weighted by molar-refractivity contribution is 7.92. The maximum atomic E-state index is 12.4. The van der Waals surface area contributed by atoms with Crippen LogP contribution in [-0.4, -0.2) is 18.6 Å². The molecule has 21 heavy (non-hydrogen) atoms. The maximum absolute atomic E-state index is 12.4. The lowest BCUT2D eigenvalue weighted by Crippen LogP contribution is -2.17. The number of halogens is 3. The Hall–Kier alpha value is -0.990. The maximum Gasteiger partial charge on any atom is 0.281 e. The number of anilines is 1. The first kappa shape index (κ1) is 16.4. The quantitative estimate of drug-likeness (QED) is 0.771. The van der Waals surface area contributed by atoms with Gasteiger partial charge in [-0.3, -0.25) is 9.82 Å². The van der Waals surface area contributed by atoms with E-state index in [0.717, 1.165) is 0 Å². The zero-order chi connectivity index (χ0) is 15.8. The summed E-state index contributed by atoms with van der Waals surface area (Å²) >= 11 is 17.7.